The molecular weight excluding hydrogens is 394 g/mol. The zero-order valence-corrected chi connectivity index (χ0v) is 18.7. The number of ether oxygens (including phenoxy) is 1. The third-order valence-electron chi connectivity index (χ3n) is 5.93. The highest BCUT2D eigenvalue weighted by molar-refractivity contribution is 6.03. The molecular formula is C23H31N5O3. The first-order valence-electron chi connectivity index (χ1n) is 11.0. The fourth-order valence-corrected chi connectivity index (χ4v) is 4.48. The van der Waals surface area contributed by atoms with Gasteiger partial charge in [-0.15, -0.1) is 0 Å². The number of hydrogen-bond acceptors (Lipinski definition) is 5. The predicted molar refractivity (Wildman–Crippen MR) is 120 cm³/mol. The molecule has 8 nitrogen and oxygen atoms in total. The van der Waals surface area contributed by atoms with Gasteiger partial charge in [0, 0.05) is 25.2 Å². The number of benzene rings is 1. The third kappa shape index (κ3) is 4.30. The molecule has 1 aromatic carbocycles. The number of nitrogens with zero attached hydrogens (tertiary/aromatic N) is 4. The summed E-state index contributed by atoms with van der Waals surface area (Å²) in [7, 11) is 0. The van der Waals surface area contributed by atoms with Crippen molar-refractivity contribution in [2.24, 2.45) is 0 Å². The van der Waals surface area contributed by atoms with Gasteiger partial charge in [0.2, 0.25) is 5.91 Å². The summed E-state index contributed by atoms with van der Waals surface area (Å²) in [5.74, 6) is -0.0443. The Balaban J connectivity index is 1.70. The van der Waals surface area contributed by atoms with Crippen molar-refractivity contribution < 1.29 is 14.3 Å². The third-order valence-corrected chi connectivity index (χ3v) is 5.93. The van der Waals surface area contributed by atoms with Crippen molar-refractivity contribution in [2.45, 2.75) is 58.7 Å². The number of amides is 2. The molecule has 2 aromatic rings. The standard InChI is InChI=1S/C23H31N5O3/c1-15(2)31-23(30)26-13-16(3)28(17(4)29)21-6-5-18(11-22(21)26)19-12-25-27(14-19)20-7-9-24-10-8-20/h5-6,11-12,14-16,20,24H,7-10,13H2,1-4H3/t16-/m0/s1. The number of anilines is 2. The first kappa shape index (κ1) is 21.4. The zero-order chi connectivity index (χ0) is 22.1. The Morgan fingerprint density at radius 1 is 1.16 bits per heavy atom. The predicted octanol–water partition coefficient (Wildman–Crippen LogP) is 3.58. The van der Waals surface area contributed by atoms with E-state index in [2.05, 4.69) is 16.6 Å². The van der Waals surface area contributed by atoms with Crippen molar-refractivity contribution in [2.75, 3.05) is 29.4 Å². The molecule has 2 amide bonds. The molecule has 0 saturated carbocycles. The highest BCUT2D eigenvalue weighted by atomic mass is 16.6. The second kappa shape index (κ2) is 8.70. The number of hydrogen-bond donors (Lipinski definition) is 1. The Bertz CT molecular complexity index is 964. The summed E-state index contributed by atoms with van der Waals surface area (Å²) < 4.78 is 7.53. The molecule has 2 aliphatic rings. The van der Waals surface area contributed by atoms with Gasteiger partial charge in [0.25, 0.3) is 0 Å². The van der Waals surface area contributed by atoms with Gasteiger partial charge >= 0.3 is 6.09 Å². The maximum absolute atomic E-state index is 12.8. The molecule has 166 valence electrons. The number of piperidine rings is 1. The monoisotopic (exact) mass is 425 g/mol. The summed E-state index contributed by atoms with van der Waals surface area (Å²) in [5, 5.41) is 7.98. The van der Waals surface area contributed by atoms with Crippen LogP contribution in [0.2, 0.25) is 0 Å². The van der Waals surface area contributed by atoms with Crippen LogP contribution < -0.4 is 15.1 Å². The summed E-state index contributed by atoms with van der Waals surface area (Å²) in [5.41, 5.74) is 3.36. The van der Waals surface area contributed by atoms with E-state index in [1.165, 1.54) is 0 Å². The molecule has 0 radical (unpaired) electrons. The van der Waals surface area contributed by atoms with Crippen molar-refractivity contribution >= 4 is 23.4 Å². The van der Waals surface area contributed by atoms with Crippen LogP contribution in [-0.4, -0.2) is 53.6 Å². The minimum Gasteiger partial charge on any atom is -0.446 e. The Morgan fingerprint density at radius 2 is 1.90 bits per heavy atom. The quantitative estimate of drug-likeness (QED) is 0.813. The lowest BCUT2D eigenvalue weighted by Crippen LogP contribution is -2.51. The van der Waals surface area contributed by atoms with Gasteiger partial charge in [-0.1, -0.05) is 6.07 Å². The van der Waals surface area contributed by atoms with Crippen LogP contribution in [0.15, 0.2) is 30.6 Å². The summed E-state index contributed by atoms with van der Waals surface area (Å²) in [6.45, 7) is 9.56. The molecule has 0 unspecified atom stereocenters. The van der Waals surface area contributed by atoms with Crippen LogP contribution in [0.3, 0.4) is 0 Å². The van der Waals surface area contributed by atoms with E-state index < -0.39 is 6.09 Å². The Hall–Kier alpha value is -2.87. The van der Waals surface area contributed by atoms with Crippen molar-refractivity contribution in [3.63, 3.8) is 0 Å². The molecule has 0 aliphatic carbocycles. The van der Waals surface area contributed by atoms with Gasteiger partial charge in [0.1, 0.15) is 0 Å². The zero-order valence-electron chi connectivity index (χ0n) is 18.7. The van der Waals surface area contributed by atoms with Crippen LogP contribution in [0.1, 0.15) is 46.6 Å². The lowest BCUT2D eigenvalue weighted by molar-refractivity contribution is -0.117. The summed E-state index contributed by atoms with van der Waals surface area (Å²) in [6.07, 6.45) is 5.45. The average molecular weight is 426 g/mol. The van der Waals surface area contributed by atoms with Crippen LogP contribution in [0.4, 0.5) is 16.2 Å². The van der Waals surface area contributed by atoms with Crippen LogP contribution in [0.5, 0.6) is 0 Å². The van der Waals surface area contributed by atoms with E-state index in [1.54, 1.807) is 16.7 Å². The average Bonchev–Trinajstić information content (AvgIpc) is 3.23. The van der Waals surface area contributed by atoms with Crippen LogP contribution in [0.25, 0.3) is 11.1 Å². The van der Waals surface area contributed by atoms with Gasteiger partial charge in [0.15, 0.2) is 0 Å². The first-order valence-corrected chi connectivity index (χ1v) is 11.0. The van der Waals surface area contributed by atoms with E-state index in [9.17, 15) is 9.59 Å². The van der Waals surface area contributed by atoms with Crippen LogP contribution in [0, 0.1) is 0 Å². The molecule has 1 atom stereocenters. The first-order chi connectivity index (χ1) is 14.8. The van der Waals surface area contributed by atoms with Gasteiger partial charge in [0.05, 0.1) is 35.8 Å². The van der Waals surface area contributed by atoms with Gasteiger partial charge in [-0.3, -0.25) is 14.4 Å². The smallest absolute Gasteiger partial charge is 0.414 e. The lowest BCUT2D eigenvalue weighted by atomic mass is 10.0. The van der Waals surface area contributed by atoms with Gasteiger partial charge in [-0.25, -0.2) is 4.79 Å². The number of carbonyl (C=O) groups is 2. The molecule has 1 saturated heterocycles. The highest BCUT2D eigenvalue weighted by Gasteiger charge is 2.35. The molecule has 8 heteroatoms. The molecule has 1 fully saturated rings. The molecule has 3 heterocycles. The number of carbonyl (C=O) groups excluding carboxylic acids is 2. The second-order valence-corrected chi connectivity index (χ2v) is 8.67. The second-order valence-electron chi connectivity index (χ2n) is 8.67. The van der Waals surface area contributed by atoms with Crippen LogP contribution in [-0.2, 0) is 9.53 Å². The Labute approximate surface area is 183 Å². The van der Waals surface area contributed by atoms with E-state index in [-0.39, 0.29) is 18.1 Å². The number of aromatic nitrogens is 2. The SMILES string of the molecule is CC(=O)N1c2ccc(-c3cnn(C4CCNCC4)c3)cc2N(C(=O)OC(C)C)C[C@@H]1C. The molecule has 2 aliphatic heterocycles. The molecule has 1 N–H and O–H groups in total. The molecule has 0 spiro atoms. The van der Waals surface area contributed by atoms with E-state index in [1.807, 2.05) is 49.8 Å². The van der Waals surface area contributed by atoms with E-state index in [4.69, 9.17) is 4.74 Å². The lowest BCUT2D eigenvalue weighted by Gasteiger charge is -2.40. The van der Waals surface area contributed by atoms with Crippen molar-refractivity contribution in [1.82, 2.24) is 15.1 Å². The fourth-order valence-electron chi connectivity index (χ4n) is 4.48. The van der Waals surface area contributed by atoms with Crippen LogP contribution >= 0.6 is 0 Å². The minimum absolute atomic E-state index is 0.0443. The molecule has 0 bridgehead atoms. The Morgan fingerprint density at radius 3 is 2.58 bits per heavy atom. The van der Waals surface area contributed by atoms with Gasteiger partial charge in [-0.05, 0) is 64.4 Å². The normalized spacial score (nSPS) is 19.5. The molecule has 4 rings (SSSR count). The highest BCUT2D eigenvalue weighted by Crippen LogP contribution is 2.39. The minimum atomic E-state index is -0.395. The number of rotatable bonds is 3. The summed E-state index contributed by atoms with van der Waals surface area (Å²) in [6, 6.07) is 6.13. The topological polar surface area (TPSA) is 79.7 Å². The van der Waals surface area contributed by atoms with Gasteiger partial charge < -0.3 is 15.0 Å². The Kier molecular flexibility index (Phi) is 6.00. The van der Waals surface area contributed by atoms with E-state index >= 15 is 0 Å². The number of fused-ring (bicyclic) bond motifs is 1. The summed E-state index contributed by atoms with van der Waals surface area (Å²) in [4.78, 5) is 28.5. The van der Waals surface area contributed by atoms with Crippen molar-refractivity contribution in [3.8, 4) is 11.1 Å². The van der Waals surface area contributed by atoms with Gasteiger partial charge in [-0.2, -0.15) is 5.10 Å². The fraction of sp³-hybridized carbons (Fsp3) is 0.522. The van der Waals surface area contributed by atoms with Crippen molar-refractivity contribution in [1.29, 1.82) is 0 Å². The maximum atomic E-state index is 12.8. The maximum Gasteiger partial charge on any atom is 0.414 e. The van der Waals surface area contributed by atoms with E-state index in [0.29, 0.717) is 18.3 Å². The number of nitrogens with one attached hydrogen (secondary N) is 1. The van der Waals surface area contributed by atoms with E-state index in [0.717, 1.165) is 42.7 Å². The molecule has 1 aromatic heterocycles. The molecule has 31 heavy (non-hydrogen) atoms. The van der Waals surface area contributed by atoms with Crippen molar-refractivity contribution in [3.05, 3.63) is 30.6 Å². The summed E-state index contributed by atoms with van der Waals surface area (Å²) >= 11 is 0. The largest absolute Gasteiger partial charge is 0.446 e.